The molecule has 1 aliphatic heterocycles. The first-order chi connectivity index (χ1) is 9.81. The van der Waals surface area contributed by atoms with Gasteiger partial charge in [-0.25, -0.2) is 0 Å². The van der Waals surface area contributed by atoms with Gasteiger partial charge in [0, 0.05) is 11.1 Å². The molecule has 0 aromatic heterocycles. The lowest BCUT2D eigenvalue weighted by Crippen LogP contribution is -2.02. The van der Waals surface area contributed by atoms with Gasteiger partial charge in [0.15, 0.2) is 17.3 Å². The molecule has 3 nitrogen and oxygen atoms in total. The van der Waals surface area contributed by atoms with Crippen LogP contribution in [0.25, 0.3) is 0 Å². The van der Waals surface area contributed by atoms with Crippen molar-refractivity contribution in [3.05, 3.63) is 58.7 Å². The monoisotopic (exact) mass is 266 g/mol. The zero-order chi connectivity index (χ0) is 13.5. The second kappa shape index (κ2) is 4.37. The van der Waals surface area contributed by atoms with Gasteiger partial charge >= 0.3 is 0 Å². The van der Waals surface area contributed by atoms with Gasteiger partial charge in [-0.05, 0) is 54.7 Å². The van der Waals surface area contributed by atoms with Gasteiger partial charge in [0.25, 0.3) is 0 Å². The maximum Gasteiger partial charge on any atom is 0.231 e. The van der Waals surface area contributed by atoms with Crippen molar-refractivity contribution in [3.63, 3.8) is 0 Å². The fourth-order valence-electron chi connectivity index (χ4n) is 2.92. The number of carbonyl (C=O) groups is 1. The average molecular weight is 266 g/mol. The van der Waals surface area contributed by atoms with E-state index in [0.717, 1.165) is 18.4 Å². The van der Waals surface area contributed by atoms with Crippen LogP contribution in [-0.2, 0) is 12.8 Å². The minimum Gasteiger partial charge on any atom is -0.454 e. The summed E-state index contributed by atoms with van der Waals surface area (Å²) < 4.78 is 10.6. The SMILES string of the molecule is O=C(c1ccc2c(c1)CCC2)c1ccc2c(c1)OCO2. The first kappa shape index (κ1) is 11.5. The molecule has 2 aromatic carbocycles. The van der Waals surface area contributed by atoms with Gasteiger partial charge in [0.05, 0.1) is 0 Å². The van der Waals surface area contributed by atoms with Crippen molar-refractivity contribution in [3.8, 4) is 11.5 Å². The van der Waals surface area contributed by atoms with Crippen LogP contribution in [-0.4, -0.2) is 12.6 Å². The molecule has 2 aliphatic rings. The van der Waals surface area contributed by atoms with Crippen LogP contribution in [0.2, 0.25) is 0 Å². The van der Waals surface area contributed by atoms with Crippen LogP contribution in [0.3, 0.4) is 0 Å². The van der Waals surface area contributed by atoms with Gasteiger partial charge in [-0.3, -0.25) is 4.79 Å². The van der Waals surface area contributed by atoms with E-state index in [-0.39, 0.29) is 12.6 Å². The van der Waals surface area contributed by atoms with Crippen molar-refractivity contribution in [1.82, 2.24) is 0 Å². The van der Waals surface area contributed by atoms with E-state index in [9.17, 15) is 4.79 Å². The predicted molar refractivity (Wildman–Crippen MR) is 74.5 cm³/mol. The second-order valence-corrected chi connectivity index (χ2v) is 5.23. The summed E-state index contributed by atoms with van der Waals surface area (Å²) in [6.07, 6.45) is 3.41. The van der Waals surface area contributed by atoms with Gasteiger partial charge in [-0.2, -0.15) is 0 Å². The van der Waals surface area contributed by atoms with Crippen LogP contribution < -0.4 is 9.47 Å². The molecule has 0 atom stereocenters. The van der Waals surface area contributed by atoms with Gasteiger partial charge in [-0.15, -0.1) is 0 Å². The summed E-state index contributed by atoms with van der Waals surface area (Å²) in [5.41, 5.74) is 4.10. The molecule has 0 spiro atoms. The number of carbonyl (C=O) groups excluding carboxylic acids is 1. The number of benzene rings is 2. The molecule has 1 heterocycles. The Morgan fingerprint density at radius 2 is 1.60 bits per heavy atom. The Bertz CT molecular complexity index is 644. The summed E-state index contributed by atoms with van der Waals surface area (Å²) in [6.45, 7) is 0.228. The highest BCUT2D eigenvalue weighted by Gasteiger charge is 2.18. The summed E-state index contributed by atoms with van der Waals surface area (Å²) in [5, 5.41) is 0. The Labute approximate surface area is 117 Å². The maximum absolute atomic E-state index is 12.5. The molecule has 100 valence electrons. The highest BCUT2D eigenvalue weighted by Crippen LogP contribution is 2.33. The standard InChI is InChI=1S/C17H14O3/c18-17(13-5-4-11-2-1-3-12(11)8-13)14-6-7-15-16(9-14)20-10-19-15/h4-9H,1-3,10H2. The molecular formula is C17H14O3. The molecule has 0 bridgehead atoms. The first-order valence-corrected chi connectivity index (χ1v) is 6.87. The van der Waals surface area contributed by atoms with Crippen LogP contribution in [0, 0.1) is 0 Å². The number of hydrogen-bond acceptors (Lipinski definition) is 3. The molecule has 20 heavy (non-hydrogen) atoms. The minimum atomic E-state index is 0.0398. The Morgan fingerprint density at radius 3 is 2.55 bits per heavy atom. The van der Waals surface area contributed by atoms with Crippen LogP contribution in [0.5, 0.6) is 11.5 Å². The van der Waals surface area contributed by atoms with Gasteiger partial charge in [0.1, 0.15) is 0 Å². The molecule has 2 aromatic rings. The molecule has 4 rings (SSSR count). The van der Waals surface area contributed by atoms with Crippen molar-refractivity contribution in [2.24, 2.45) is 0 Å². The van der Waals surface area contributed by atoms with E-state index in [0.29, 0.717) is 17.1 Å². The largest absolute Gasteiger partial charge is 0.454 e. The van der Waals surface area contributed by atoms with Crippen LogP contribution in [0.15, 0.2) is 36.4 Å². The van der Waals surface area contributed by atoms with Gasteiger partial charge in [0.2, 0.25) is 6.79 Å². The predicted octanol–water partition coefficient (Wildman–Crippen LogP) is 3.14. The van der Waals surface area contributed by atoms with E-state index < -0.39 is 0 Å². The molecular weight excluding hydrogens is 252 g/mol. The number of ketones is 1. The van der Waals surface area contributed by atoms with E-state index in [2.05, 4.69) is 6.07 Å². The number of fused-ring (bicyclic) bond motifs is 2. The topological polar surface area (TPSA) is 35.5 Å². The summed E-state index contributed by atoms with van der Waals surface area (Å²) >= 11 is 0. The van der Waals surface area contributed by atoms with Crippen LogP contribution >= 0.6 is 0 Å². The summed E-state index contributed by atoms with van der Waals surface area (Å²) in [7, 11) is 0. The fraction of sp³-hybridized carbons (Fsp3) is 0.235. The Morgan fingerprint density at radius 1 is 0.850 bits per heavy atom. The number of rotatable bonds is 2. The molecule has 3 heteroatoms. The molecule has 0 unspecified atom stereocenters. The Balaban J connectivity index is 1.70. The zero-order valence-corrected chi connectivity index (χ0v) is 11.0. The quantitative estimate of drug-likeness (QED) is 0.783. The van der Waals surface area contributed by atoms with Gasteiger partial charge in [-0.1, -0.05) is 12.1 Å². The lowest BCUT2D eigenvalue weighted by atomic mass is 9.99. The van der Waals surface area contributed by atoms with Crippen molar-refractivity contribution in [1.29, 1.82) is 0 Å². The molecule has 0 amide bonds. The van der Waals surface area contributed by atoms with E-state index in [1.165, 1.54) is 17.5 Å². The number of ether oxygens (including phenoxy) is 2. The molecule has 0 fully saturated rings. The minimum absolute atomic E-state index is 0.0398. The van der Waals surface area contributed by atoms with Crippen molar-refractivity contribution < 1.29 is 14.3 Å². The third kappa shape index (κ3) is 1.78. The third-order valence-electron chi connectivity index (χ3n) is 4.00. The molecule has 0 saturated heterocycles. The summed E-state index contributed by atoms with van der Waals surface area (Å²) in [5.74, 6) is 1.39. The molecule has 0 N–H and O–H groups in total. The lowest BCUT2D eigenvalue weighted by Gasteiger charge is -2.05. The van der Waals surface area contributed by atoms with E-state index in [4.69, 9.17) is 9.47 Å². The lowest BCUT2D eigenvalue weighted by molar-refractivity contribution is 0.103. The third-order valence-corrected chi connectivity index (χ3v) is 4.00. The van der Waals surface area contributed by atoms with E-state index >= 15 is 0 Å². The van der Waals surface area contributed by atoms with Crippen molar-refractivity contribution in [2.75, 3.05) is 6.79 Å². The highest BCUT2D eigenvalue weighted by atomic mass is 16.7. The maximum atomic E-state index is 12.5. The number of hydrogen-bond donors (Lipinski definition) is 0. The number of aryl methyl sites for hydroxylation is 2. The van der Waals surface area contributed by atoms with Crippen molar-refractivity contribution in [2.45, 2.75) is 19.3 Å². The molecule has 1 aliphatic carbocycles. The van der Waals surface area contributed by atoms with Crippen molar-refractivity contribution >= 4 is 5.78 Å². The zero-order valence-electron chi connectivity index (χ0n) is 11.0. The molecule has 0 radical (unpaired) electrons. The Hall–Kier alpha value is -2.29. The van der Waals surface area contributed by atoms with E-state index in [1.807, 2.05) is 12.1 Å². The summed E-state index contributed by atoms with van der Waals surface area (Å²) in [6, 6.07) is 11.4. The Kier molecular flexibility index (Phi) is 2.52. The van der Waals surface area contributed by atoms with Crippen LogP contribution in [0.1, 0.15) is 33.5 Å². The van der Waals surface area contributed by atoms with Gasteiger partial charge < -0.3 is 9.47 Å². The first-order valence-electron chi connectivity index (χ1n) is 6.87. The highest BCUT2D eigenvalue weighted by molar-refractivity contribution is 6.09. The van der Waals surface area contributed by atoms with E-state index in [1.54, 1.807) is 18.2 Å². The summed E-state index contributed by atoms with van der Waals surface area (Å²) in [4.78, 5) is 12.5. The second-order valence-electron chi connectivity index (χ2n) is 5.23. The average Bonchev–Trinajstić information content (AvgIpc) is 3.13. The van der Waals surface area contributed by atoms with Crippen LogP contribution in [0.4, 0.5) is 0 Å². The molecule has 0 saturated carbocycles. The smallest absolute Gasteiger partial charge is 0.231 e. The normalized spacial score (nSPS) is 15.2. The fourth-order valence-corrected chi connectivity index (χ4v) is 2.92.